The molecule has 1 heterocycles. The molecule has 1 atom stereocenters. The summed E-state index contributed by atoms with van der Waals surface area (Å²) in [6.45, 7) is 4.31. The van der Waals surface area contributed by atoms with Gasteiger partial charge in [0.2, 0.25) is 0 Å². The topological polar surface area (TPSA) is 0 Å². The Morgan fingerprint density at radius 3 is 2.50 bits per heavy atom. The lowest BCUT2D eigenvalue weighted by atomic mass is 9.89. The second-order valence-electron chi connectivity index (χ2n) is 4.32. The van der Waals surface area contributed by atoms with Crippen LogP contribution in [0, 0.1) is 5.92 Å². The van der Waals surface area contributed by atoms with Crippen LogP contribution < -0.4 is 0 Å². The fraction of sp³-hybridized carbons (Fsp3) is 0.385. The largest absolute Gasteiger partial charge is 0.144 e. The van der Waals surface area contributed by atoms with E-state index >= 15 is 0 Å². The summed E-state index contributed by atoms with van der Waals surface area (Å²) in [5.41, 5.74) is 1.23. The van der Waals surface area contributed by atoms with E-state index in [1.807, 2.05) is 0 Å². The van der Waals surface area contributed by atoms with Crippen molar-refractivity contribution in [1.82, 2.24) is 0 Å². The fourth-order valence-corrected chi connectivity index (χ4v) is 3.66. The molecule has 0 fully saturated rings. The quantitative estimate of drug-likeness (QED) is 0.653. The van der Waals surface area contributed by atoms with Gasteiger partial charge in [-0.2, -0.15) is 0 Å². The predicted octanol–water partition coefficient (Wildman–Crippen LogP) is 5.44. The molecule has 2 aromatic rings. The van der Waals surface area contributed by atoms with Crippen LogP contribution in [0.5, 0.6) is 0 Å². The van der Waals surface area contributed by atoms with E-state index in [0.29, 0.717) is 5.92 Å². The molecule has 1 aromatic carbocycles. The zero-order chi connectivity index (χ0) is 11.7. The van der Waals surface area contributed by atoms with E-state index in [-0.39, 0.29) is 10.8 Å². The van der Waals surface area contributed by atoms with Crippen LogP contribution in [-0.4, -0.2) is 4.84 Å². The van der Waals surface area contributed by atoms with Gasteiger partial charge < -0.3 is 0 Å². The molecule has 0 bridgehead atoms. The molecule has 16 heavy (non-hydrogen) atoms. The highest BCUT2D eigenvalue weighted by molar-refractivity contribution is 7.17. The highest BCUT2D eigenvalue weighted by Crippen LogP contribution is 2.35. The van der Waals surface area contributed by atoms with Crippen LogP contribution in [0.1, 0.15) is 25.3 Å². The molecule has 86 valence electrons. The third-order valence-corrected chi connectivity index (χ3v) is 4.29. The van der Waals surface area contributed by atoms with Crippen LogP contribution in [0.15, 0.2) is 29.6 Å². The van der Waals surface area contributed by atoms with E-state index in [9.17, 15) is 0 Å². The molecule has 0 saturated carbocycles. The Morgan fingerprint density at radius 1 is 1.12 bits per heavy atom. The van der Waals surface area contributed by atoms with E-state index in [2.05, 4.69) is 43.5 Å². The van der Waals surface area contributed by atoms with Crippen molar-refractivity contribution < 1.29 is 0 Å². The average Bonchev–Trinajstić information content (AvgIpc) is 2.63. The van der Waals surface area contributed by atoms with E-state index in [4.69, 9.17) is 23.2 Å². The minimum absolute atomic E-state index is 0.202. The number of halogens is 2. The lowest BCUT2D eigenvalue weighted by Gasteiger charge is -2.22. The first kappa shape index (κ1) is 12.2. The second kappa shape index (κ2) is 4.95. The maximum atomic E-state index is 6.07. The van der Waals surface area contributed by atoms with E-state index in [1.165, 1.54) is 15.6 Å². The number of fused-ring (bicyclic) bond motifs is 1. The summed E-state index contributed by atoms with van der Waals surface area (Å²) in [6, 6.07) is 8.63. The molecule has 3 heteroatoms. The summed E-state index contributed by atoms with van der Waals surface area (Å²) < 4.78 is 1.31. The summed E-state index contributed by atoms with van der Waals surface area (Å²) in [6.07, 6.45) is 0. The molecular formula is C13H14Cl2S. The van der Waals surface area contributed by atoms with E-state index in [0.717, 1.165) is 0 Å². The Morgan fingerprint density at radius 2 is 1.88 bits per heavy atom. The van der Waals surface area contributed by atoms with Crippen LogP contribution >= 0.6 is 34.5 Å². The SMILES string of the molecule is CC(C)C(c1ccc2sccc2c1)C(Cl)Cl. The molecular weight excluding hydrogens is 259 g/mol. The van der Waals surface area contributed by atoms with Gasteiger partial charge >= 0.3 is 0 Å². The van der Waals surface area contributed by atoms with Crippen molar-refractivity contribution >= 4 is 44.6 Å². The minimum Gasteiger partial charge on any atom is -0.144 e. The molecule has 0 aliphatic heterocycles. The first-order chi connectivity index (χ1) is 7.59. The van der Waals surface area contributed by atoms with Crippen molar-refractivity contribution in [3.05, 3.63) is 35.2 Å². The molecule has 2 rings (SSSR count). The Kier molecular flexibility index (Phi) is 3.78. The lowest BCUT2D eigenvalue weighted by molar-refractivity contribution is 0.523. The highest BCUT2D eigenvalue weighted by Gasteiger charge is 2.22. The number of alkyl halides is 2. The maximum Gasteiger partial charge on any atom is 0.114 e. The summed E-state index contributed by atoms with van der Waals surface area (Å²) in [5.74, 6) is 0.642. The molecule has 0 nitrogen and oxygen atoms in total. The summed E-state index contributed by atoms with van der Waals surface area (Å²) >= 11 is 13.9. The Balaban J connectivity index is 2.44. The average molecular weight is 273 g/mol. The van der Waals surface area contributed by atoms with Gasteiger partial charge in [-0.05, 0) is 40.4 Å². The van der Waals surface area contributed by atoms with Gasteiger partial charge in [-0.25, -0.2) is 0 Å². The number of hydrogen-bond acceptors (Lipinski definition) is 1. The van der Waals surface area contributed by atoms with Gasteiger partial charge in [-0.3, -0.25) is 0 Å². The van der Waals surface area contributed by atoms with Gasteiger partial charge in [0.25, 0.3) is 0 Å². The first-order valence-electron chi connectivity index (χ1n) is 5.35. The van der Waals surface area contributed by atoms with Gasteiger partial charge in [0, 0.05) is 10.6 Å². The van der Waals surface area contributed by atoms with E-state index < -0.39 is 0 Å². The molecule has 1 aromatic heterocycles. The molecule has 0 aliphatic rings. The predicted molar refractivity (Wildman–Crippen MR) is 74.9 cm³/mol. The van der Waals surface area contributed by atoms with Crippen LogP contribution in [0.2, 0.25) is 0 Å². The summed E-state index contributed by atoms with van der Waals surface area (Å²) in [5, 5.41) is 3.39. The molecule has 0 radical (unpaired) electrons. The highest BCUT2D eigenvalue weighted by atomic mass is 35.5. The van der Waals surface area contributed by atoms with Crippen LogP contribution in [-0.2, 0) is 0 Å². The molecule has 0 amide bonds. The van der Waals surface area contributed by atoms with Crippen molar-refractivity contribution in [2.45, 2.75) is 24.6 Å². The van der Waals surface area contributed by atoms with Crippen molar-refractivity contribution in [2.24, 2.45) is 5.92 Å². The standard InChI is InChI=1S/C13H14Cl2S/c1-8(2)12(13(14)15)10-3-4-11-9(7-10)5-6-16-11/h3-8,12-13H,1-2H3. The zero-order valence-corrected chi connectivity index (χ0v) is 11.6. The fourth-order valence-electron chi connectivity index (χ4n) is 2.01. The van der Waals surface area contributed by atoms with E-state index in [1.54, 1.807) is 11.3 Å². The Hall–Kier alpha value is -0.240. The Labute approximate surface area is 110 Å². The number of benzene rings is 1. The number of hydrogen-bond donors (Lipinski definition) is 0. The lowest BCUT2D eigenvalue weighted by Crippen LogP contribution is -2.13. The third kappa shape index (κ3) is 2.37. The molecule has 1 unspecified atom stereocenters. The monoisotopic (exact) mass is 272 g/mol. The summed E-state index contributed by atoms with van der Waals surface area (Å²) in [7, 11) is 0. The number of thiophene rings is 1. The van der Waals surface area contributed by atoms with Gasteiger partial charge in [0.05, 0.1) is 0 Å². The van der Waals surface area contributed by atoms with Gasteiger partial charge in [0.15, 0.2) is 0 Å². The van der Waals surface area contributed by atoms with Crippen LogP contribution in [0.25, 0.3) is 10.1 Å². The smallest absolute Gasteiger partial charge is 0.114 e. The third-order valence-electron chi connectivity index (χ3n) is 2.85. The van der Waals surface area contributed by atoms with Gasteiger partial charge in [-0.1, -0.05) is 19.9 Å². The molecule has 0 aliphatic carbocycles. The molecule has 0 spiro atoms. The minimum atomic E-state index is -0.351. The Bertz CT molecular complexity index is 465. The normalized spacial score (nSPS) is 13.9. The zero-order valence-electron chi connectivity index (χ0n) is 9.28. The second-order valence-corrected chi connectivity index (χ2v) is 6.43. The van der Waals surface area contributed by atoms with Crippen LogP contribution in [0.3, 0.4) is 0 Å². The molecule has 0 saturated heterocycles. The molecule has 0 N–H and O–H groups in total. The van der Waals surface area contributed by atoms with Crippen molar-refractivity contribution in [1.29, 1.82) is 0 Å². The maximum absolute atomic E-state index is 6.07. The van der Waals surface area contributed by atoms with Crippen molar-refractivity contribution in [3.8, 4) is 0 Å². The number of rotatable bonds is 3. The van der Waals surface area contributed by atoms with Crippen molar-refractivity contribution in [2.75, 3.05) is 0 Å². The van der Waals surface area contributed by atoms with Crippen LogP contribution in [0.4, 0.5) is 0 Å². The summed E-state index contributed by atoms with van der Waals surface area (Å²) in [4.78, 5) is -0.351. The van der Waals surface area contributed by atoms with Gasteiger partial charge in [0.1, 0.15) is 4.84 Å². The first-order valence-corrected chi connectivity index (χ1v) is 7.10. The van der Waals surface area contributed by atoms with Crippen molar-refractivity contribution in [3.63, 3.8) is 0 Å². The van der Waals surface area contributed by atoms with Gasteiger partial charge in [-0.15, -0.1) is 34.5 Å².